The van der Waals surface area contributed by atoms with Gasteiger partial charge in [-0.1, -0.05) is 11.6 Å². The highest BCUT2D eigenvalue weighted by molar-refractivity contribution is 6.32. The third-order valence-electron chi connectivity index (χ3n) is 2.20. The summed E-state index contributed by atoms with van der Waals surface area (Å²) >= 11 is 5.80. The van der Waals surface area contributed by atoms with Gasteiger partial charge in [-0.2, -0.15) is 13.2 Å². The lowest BCUT2D eigenvalue weighted by Crippen LogP contribution is -2.04. The van der Waals surface area contributed by atoms with Crippen molar-refractivity contribution in [3.63, 3.8) is 0 Å². The van der Waals surface area contributed by atoms with E-state index in [1.54, 1.807) is 0 Å². The van der Waals surface area contributed by atoms with E-state index in [1.807, 2.05) is 0 Å². The molecule has 2 aromatic rings. The molecule has 2 rings (SSSR count). The van der Waals surface area contributed by atoms with E-state index in [0.717, 1.165) is 6.07 Å². The normalized spacial score (nSPS) is 12.1. The highest BCUT2D eigenvalue weighted by Gasteiger charge is 2.32. The van der Waals surface area contributed by atoms with E-state index < -0.39 is 11.9 Å². The van der Waals surface area contributed by atoms with E-state index >= 15 is 0 Å². The molecule has 0 spiro atoms. The van der Waals surface area contributed by atoms with Gasteiger partial charge in [0, 0.05) is 10.9 Å². The standard InChI is InChI=1S/C10H7ClF3NO/c1-16-8-2-5-3-9(10(12,13)14)15-7(5)4-6(8)11/h2-4,15H,1H3. The van der Waals surface area contributed by atoms with Crippen molar-refractivity contribution in [2.24, 2.45) is 0 Å². The lowest BCUT2D eigenvalue weighted by atomic mass is 10.2. The summed E-state index contributed by atoms with van der Waals surface area (Å²) in [7, 11) is 1.41. The van der Waals surface area contributed by atoms with Crippen molar-refractivity contribution in [1.29, 1.82) is 0 Å². The van der Waals surface area contributed by atoms with E-state index in [9.17, 15) is 13.2 Å². The van der Waals surface area contributed by atoms with Crippen molar-refractivity contribution in [3.05, 3.63) is 28.9 Å². The number of alkyl halides is 3. The van der Waals surface area contributed by atoms with E-state index in [-0.39, 0.29) is 5.02 Å². The Morgan fingerprint density at radius 1 is 1.25 bits per heavy atom. The number of rotatable bonds is 1. The van der Waals surface area contributed by atoms with Crippen molar-refractivity contribution in [3.8, 4) is 5.75 Å². The third kappa shape index (κ3) is 1.82. The van der Waals surface area contributed by atoms with Gasteiger partial charge in [-0.3, -0.25) is 0 Å². The van der Waals surface area contributed by atoms with Gasteiger partial charge in [0.05, 0.1) is 12.1 Å². The molecule has 16 heavy (non-hydrogen) atoms. The van der Waals surface area contributed by atoms with Crippen LogP contribution in [0.3, 0.4) is 0 Å². The molecule has 1 aromatic carbocycles. The van der Waals surface area contributed by atoms with Crippen molar-refractivity contribution in [2.75, 3.05) is 7.11 Å². The number of ether oxygens (including phenoxy) is 1. The second-order valence-electron chi connectivity index (χ2n) is 3.25. The Hall–Kier alpha value is -1.36. The van der Waals surface area contributed by atoms with Gasteiger partial charge in [-0.25, -0.2) is 0 Å². The number of benzene rings is 1. The van der Waals surface area contributed by atoms with Crippen LogP contribution in [0.25, 0.3) is 10.9 Å². The second kappa shape index (κ2) is 3.59. The molecule has 0 amide bonds. The summed E-state index contributed by atoms with van der Waals surface area (Å²) in [6.45, 7) is 0. The average molecular weight is 250 g/mol. The van der Waals surface area contributed by atoms with Gasteiger partial charge >= 0.3 is 6.18 Å². The molecule has 0 aliphatic rings. The van der Waals surface area contributed by atoms with E-state index in [1.165, 1.54) is 19.2 Å². The Bertz CT molecular complexity index is 533. The second-order valence-corrected chi connectivity index (χ2v) is 3.66. The fraction of sp³-hybridized carbons (Fsp3) is 0.200. The number of halogens is 4. The molecule has 86 valence electrons. The number of aromatic nitrogens is 1. The predicted octanol–water partition coefficient (Wildman–Crippen LogP) is 3.85. The van der Waals surface area contributed by atoms with Crippen LogP contribution in [0.15, 0.2) is 18.2 Å². The van der Waals surface area contributed by atoms with Gasteiger partial charge in [-0.05, 0) is 18.2 Å². The minimum Gasteiger partial charge on any atom is -0.495 e. The summed E-state index contributed by atoms with van der Waals surface area (Å²) in [6, 6.07) is 3.89. The van der Waals surface area contributed by atoms with Gasteiger partial charge in [0.1, 0.15) is 11.4 Å². The zero-order chi connectivity index (χ0) is 11.9. The van der Waals surface area contributed by atoms with Crippen molar-refractivity contribution < 1.29 is 17.9 Å². The molecule has 0 atom stereocenters. The molecule has 0 radical (unpaired) electrons. The van der Waals surface area contributed by atoms with Gasteiger partial charge in [0.2, 0.25) is 0 Å². The van der Waals surface area contributed by atoms with Crippen molar-refractivity contribution in [1.82, 2.24) is 4.98 Å². The van der Waals surface area contributed by atoms with Crippen LogP contribution in [0.5, 0.6) is 5.75 Å². The molecule has 0 fully saturated rings. The SMILES string of the molecule is COc1cc2cc(C(F)(F)F)[nH]c2cc1Cl. The average Bonchev–Trinajstić information content (AvgIpc) is 2.58. The first-order chi connectivity index (χ1) is 7.41. The number of methoxy groups -OCH3 is 1. The van der Waals surface area contributed by atoms with Crippen LogP contribution < -0.4 is 4.74 Å². The third-order valence-corrected chi connectivity index (χ3v) is 2.49. The van der Waals surface area contributed by atoms with Crippen LogP contribution in [0, 0.1) is 0 Å². The maximum absolute atomic E-state index is 12.4. The summed E-state index contributed by atoms with van der Waals surface area (Å²) in [6.07, 6.45) is -4.39. The molecule has 0 unspecified atom stereocenters. The Morgan fingerprint density at radius 2 is 1.94 bits per heavy atom. The van der Waals surface area contributed by atoms with Gasteiger partial charge in [0.15, 0.2) is 0 Å². The lowest BCUT2D eigenvalue weighted by Gasteiger charge is -2.01. The minimum absolute atomic E-state index is 0.269. The van der Waals surface area contributed by atoms with E-state index in [4.69, 9.17) is 16.3 Å². The fourth-order valence-electron chi connectivity index (χ4n) is 1.44. The predicted molar refractivity (Wildman–Crippen MR) is 54.9 cm³/mol. The minimum atomic E-state index is -4.39. The highest BCUT2D eigenvalue weighted by atomic mass is 35.5. The first kappa shape index (κ1) is 11.1. The summed E-state index contributed by atoms with van der Waals surface area (Å²) in [5, 5.41) is 0.680. The fourth-order valence-corrected chi connectivity index (χ4v) is 1.68. The molecule has 0 aliphatic heterocycles. The van der Waals surface area contributed by atoms with Crippen molar-refractivity contribution in [2.45, 2.75) is 6.18 Å². The highest BCUT2D eigenvalue weighted by Crippen LogP contribution is 2.35. The van der Waals surface area contributed by atoms with Crippen LogP contribution in [0.2, 0.25) is 5.02 Å². The number of H-pyrrole nitrogens is 1. The summed E-state index contributed by atoms with van der Waals surface area (Å²) in [4.78, 5) is 2.26. The number of hydrogen-bond acceptors (Lipinski definition) is 1. The number of aromatic amines is 1. The van der Waals surface area contributed by atoms with Crippen LogP contribution in [0.1, 0.15) is 5.69 Å². The van der Waals surface area contributed by atoms with Crippen LogP contribution >= 0.6 is 11.6 Å². The van der Waals surface area contributed by atoms with E-state index in [0.29, 0.717) is 16.7 Å². The molecule has 0 saturated carbocycles. The lowest BCUT2D eigenvalue weighted by molar-refractivity contribution is -0.140. The van der Waals surface area contributed by atoms with Crippen LogP contribution in [0.4, 0.5) is 13.2 Å². The molecule has 2 nitrogen and oxygen atoms in total. The summed E-state index contributed by atoms with van der Waals surface area (Å²) < 4.78 is 42.2. The zero-order valence-electron chi connectivity index (χ0n) is 8.15. The smallest absolute Gasteiger partial charge is 0.431 e. The molecular weight excluding hydrogens is 243 g/mol. The Balaban J connectivity index is 2.63. The number of nitrogens with one attached hydrogen (secondary N) is 1. The first-order valence-electron chi connectivity index (χ1n) is 4.35. The molecule has 0 bridgehead atoms. The van der Waals surface area contributed by atoms with Gasteiger partial charge < -0.3 is 9.72 Å². The Morgan fingerprint density at radius 3 is 2.50 bits per heavy atom. The van der Waals surface area contributed by atoms with Gasteiger partial charge in [-0.15, -0.1) is 0 Å². The summed E-state index contributed by atoms with van der Waals surface area (Å²) in [5.74, 6) is 0.349. The Kier molecular flexibility index (Phi) is 2.50. The van der Waals surface area contributed by atoms with Crippen LogP contribution in [-0.4, -0.2) is 12.1 Å². The summed E-state index contributed by atoms with van der Waals surface area (Å²) in [5.41, 5.74) is -0.468. The van der Waals surface area contributed by atoms with Crippen LogP contribution in [-0.2, 0) is 6.18 Å². The monoisotopic (exact) mass is 249 g/mol. The largest absolute Gasteiger partial charge is 0.495 e. The molecule has 1 N–H and O–H groups in total. The topological polar surface area (TPSA) is 25.0 Å². The maximum atomic E-state index is 12.4. The molecule has 6 heteroatoms. The quantitative estimate of drug-likeness (QED) is 0.816. The molecule has 1 aromatic heterocycles. The molecule has 1 heterocycles. The number of hydrogen-bond donors (Lipinski definition) is 1. The Labute approximate surface area is 94.0 Å². The maximum Gasteiger partial charge on any atom is 0.431 e. The van der Waals surface area contributed by atoms with E-state index in [2.05, 4.69) is 4.98 Å². The van der Waals surface area contributed by atoms with Crippen molar-refractivity contribution >= 4 is 22.5 Å². The first-order valence-corrected chi connectivity index (χ1v) is 4.73. The molecule has 0 saturated heterocycles. The van der Waals surface area contributed by atoms with Gasteiger partial charge in [0.25, 0.3) is 0 Å². The zero-order valence-corrected chi connectivity index (χ0v) is 8.91. The number of fused-ring (bicyclic) bond motifs is 1. The molecular formula is C10H7ClF3NO. The molecule has 0 aliphatic carbocycles.